The lowest BCUT2D eigenvalue weighted by Crippen LogP contribution is -2.37. The molecule has 9 nitrogen and oxygen atoms in total. The van der Waals surface area contributed by atoms with Crippen molar-refractivity contribution >= 4 is 17.1 Å². The Bertz CT molecular complexity index is 867. The number of nitrogens with zero attached hydrogens (tertiary/aromatic N) is 4. The maximum Gasteiger partial charge on any atom is 0.327 e. The summed E-state index contributed by atoms with van der Waals surface area (Å²) in [6, 6.07) is 0.307. The number of nitrogens with one attached hydrogen (secondary N) is 1. The number of unbranched alkanes of at least 4 members (excludes halogenated alkanes) is 1. The Balaban J connectivity index is 1.63. The van der Waals surface area contributed by atoms with E-state index in [1.54, 1.807) is 4.57 Å². The molecular formula is C19H29N5O4. The van der Waals surface area contributed by atoms with Crippen molar-refractivity contribution in [3.63, 3.8) is 0 Å². The van der Waals surface area contributed by atoms with Gasteiger partial charge in [0.1, 0.15) is 5.52 Å². The standard InChI is InChI=1S/C19H29N5O4/c1-3-4-12-28-18-20-13(2)15-16(22-18)24(19(27)21-15)9-5-8-23-10-6-14(7-11-23)17(25)26/h14H,3-12H2,1-2H3,(H,21,27)(H,25,26). The van der Waals surface area contributed by atoms with Crippen LogP contribution < -0.4 is 10.4 Å². The van der Waals surface area contributed by atoms with Gasteiger partial charge in [0.05, 0.1) is 18.2 Å². The Morgan fingerprint density at radius 3 is 2.68 bits per heavy atom. The first-order valence-electron chi connectivity index (χ1n) is 10.0. The van der Waals surface area contributed by atoms with Crippen LogP contribution in [0.4, 0.5) is 0 Å². The highest BCUT2D eigenvalue weighted by atomic mass is 16.5. The zero-order valence-corrected chi connectivity index (χ0v) is 16.6. The molecular weight excluding hydrogens is 362 g/mol. The van der Waals surface area contributed by atoms with Crippen molar-refractivity contribution in [3.05, 3.63) is 16.2 Å². The largest absolute Gasteiger partial charge is 0.481 e. The summed E-state index contributed by atoms with van der Waals surface area (Å²) in [5, 5.41) is 9.09. The third-order valence-corrected chi connectivity index (χ3v) is 5.30. The van der Waals surface area contributed by atoms with E-state index in [9.17, 15) is 9.59 Å². The number of hydrogen-bond donors (Lipinski definition) is 2. The highest BCUT2D eigenvalue weighted by molar-refractivity contribution is 5.73. The first-order valence-corrected chi connectivity index (χ1v) is 10.0. The molecule has 1 aliphatic rings. The van der Waals surface area contributed by atoms with Crippen LogP contribution in [0.3, 0.4) is 0 Å². The quantitative estimate of drug-likeness (QED) is 0.627. The topological polar surface area (TPSA) is 113 Å². The fourth-order valence-electron chi connectivity index (χ4n) is 3.58. The van der Waals surface area contributed by atoms with Gasteiger partial charge >= 0.3 is 17.7 Å². The van der Waals surface area contributed by atoms with Gasteiger partial charge in [-0.15, -0.1) is 0 Å². The maximum absolute atomic E-state index is 12.4. The molecule has 0 amide bonds. The van der Waals surface area contributed by atoms with Gasteiger partial charge in [-0.3, -0.25) is 9.36 Å². The van der Waals surface area contributed by atoms with Crippen LogP contribution >= 0.6 is 0 Å². The van der Waals surface area contributed by atoms with Crippen molar-refractivity contribution in [1.82, 2.24) is 24.4 Å². The Hall–Kier alpha value is -2.42. The van der Waals surface area contributed by atoms with Crippen LogP contribution in [0.2, 0.25) is 0 Å². The summed E-state index contributed by atoms with van der Waals surface area (Å²) in [6.07, 6.45) is 4.12. The molecule has 28 heavy (non-hydrogen) atoms. The molecule has 0 atom stereocenters. The highest BCUT2D eigenvalue weighted by Crippen LogP contribution is 2.18. The number of hydrogen-bond acceptors (Lipinski definition) is 6. The molecule has 0 aromatic carbocycles. The summed E-state index contributed by atoms with van der Waals surface area (Å²) in [5.74, 6) is -0.921. The number of aryl methyl sites for hydroxylation is 2. The number of aromatic nitrogens is 4. The van der Waals surface area contributed by atoms with E-state index in [2.05, 4.69) is 26.8 Å². The van der Waals surface area contributed by atoms with Crippen LogP contribution in [0, 0.1) is 12.8 Å². The lowest BCUT2D eigenvalue weighted by atomic mass is 9.97. The van der Waals surface area contributed by atoms with Gasteiger partial charge in [-0.1, -0.05) is 13.3 Å². The average molecular weight is 391 g/mol. The third-order valence-electron chi connectivity index (χ3n) is 5.30. The minimum atomic E-state index is -0.697. The molecule has 2 aromatic heterocycles. The molecule has 0 unspecified atom stereocenters. The van der Waals surface area contributed by atoms with E-state index in [1.807, 2.05) is 6.92 Å². The summed E-state index contributed by atoms with van der Waals surface area (Å²) in [4.78, 5) is 37.3. The molecule has 0 radical (unpaired) electrons. The van der Waals surface area contributed by atoms with E-state index in [-0.39, 0.29) is 11.6 Å². The first-order chi connectivity index (χ1) is 13.5. The molecule has 0 saturated carbocycles. The van der Waals surface area contributed by atoms with E-state index in [0.29, 0.717) is 48.9 Å². The number of piperidine rings is 1. The number of likely N-dealkylation sites (tertiary alicyclic amines) is 1. The lowest BCUT2D eigenvalue weighted by Gasteiger charge is -2.29. The predicted molar refractivity (Wildman–Crippen MR) is 105 cm³/mol. The minimum absolute atomic E-state index is 0.192. The number of carboxylic acid groups (broad SMARTS) is 1. The smallest absolute Gasteiger partial charge is 0.327 e. The summed E-state index contributed by atoms with van der Waals surface area (Å²) in [7, 11) is 0. The molecule has 0 spiro atoms. The molecule has 154 valence electrons. The summed E-state index contributed by atoms with van der Waals surface area (Å²) in [5.41, 5.74) is 1.73. The number of aromatic amines is 1. The molecule has 0 bridgehead atoms. The van der Waals surface area contributed by atoms with Crippen molar-refractivity contribution < 1.29 is 14.6 Å². The van der Waals surface area contributed by atoms with Crippen LogP contribution in [-0.2, 0) is 11.3 Å². The van der Waals surface area contributed by atoms with Crippen LogP contribution in [0.15, 0.2) is 4.79 Å². The molecule has 2 N–H and O–H groups in total. The van der Waals surface area contributed by atoms with Crippen molar-refractivity contribution in [2.45, 2.75) is 52.5 Å². The second-order valence-electron chi connectivity index (χ2n) is 7.38. The molecule has 1 saturated heterocycles. The number of carbonyl (C=O) groups is 1. The average Bonchev–Trinajstić information content (AvgIpc) is 2.99. The molecule has 2 aromatic rings. The molecule has 3 heterocycles. The SMILES string of the molecule is CCCCOc1nc(C)c2[nH]c(=O)n(CCCN3CCC(C(=O)O)CC3)c2n1. The second kappa shape index (κ2) is 9.18. The molecule has 0 aliphatic carbocycles. The number of rotatable bonds is 9. The Kier molecular flexibility index (Phi) is 6.66. The summed E-state index contributed by atoms with van der Waals surface area (Å²) >= 11 is 0. The predicted octanol–water partition coefficient (Wildman–Crippen LogP) is 1.79. The van der Waals surface area contributed by atoms with E-state index in [4.69, 9.17) is 9.84 Å². The fourth-order valence-corrected chi connectivity index (χ4v) is 3.58. The second-order valence-corrected chi connectivity index (χ2v) is 7.38. The first kappa shape index (κ1) is 20.3. The molecule has 1 fully saturated rings. The molecule has 3 rings (SSSR count). The number of aliphatic carboxylic acids is 1. The van der Waals surface area contributed by atoms with Crippen LogP contribution in [-0.4, -0.2) is 61.7 Å². The number of fused-ring (bicyclic) bond motifs is 1. The van der Waals surface area contributed by atoms with Gasteiger partial charge in [0.2, 0.25) is 0 Å². The van der Waals surface area contributed by atoms with Crippen molar-refractivity contribution in [3.8, 4) is 6.01 Å². The monoisotopic (exact) mass is 391 g/mol. The lowest BCUT2D eigenvalue weighted by molar-refractivity contribution is -0.143. The van der Waals surface area contributed by atoms with E-state index in [1.165, 1.54) is 0 Å². The van der Waals surface area contributed by atoms with E-state index < -0.39 is 5.97 Å². The third kappa shape index (κ3) is 4.70. The number of ether oxygens (including phenoxy) is 1. The highest BCUT2D eigenvalue weighted by Gasteiger charge is 2.24. The Morgan fingerprint density at radius 2 is 2.00 bits per heavy atom. The fraction of sp³-hybridized carbons (Fsp3) is 0.684. The van der Waals surface area contributed by atoms with Crippen LogP contribution in [0.1, 0.15) is 44.7 Å². The van der Waals surface area contributed by atoms with Gasteiger partial charge in [-0.2, -0.15) is 9.97 Å². The molecule has 9 heteroatoms. The summed E-state index contributed by atoms with van der Waals surface area (Å²) < 4.78 is 7.26. The van der Waals surface area contributed by atoms with Gasteiger partial charge in [-0.25, -0.2) is 4.79 Å². The van der Waals surface area contributed by atoms with Crippen LogP contribution in [0.5, 0.6) is 6.01 Å². The van der Waals surface area contributed by atoms with Gasteiger partial charge in [0.25, 0.3) is 0 Å². The van der Waals surface area contributed by atoms with Crippen molar-refractivity contribution in [2.24, 2.45) is 5.92 Å². The van der Waals surface area contributed by atoms with Crippen molar-refractivity contribution in [2.75, 3.05) is 26.2 Å². The van der Waals surface area contributed by atoms with Gasteiger partial charge in [0, 0.05) is 6.54 Å². The zero-order chi connectivity index (χ0) is 20.1. The van der Waals surface area contributed by atoms with Crippen LogP contribution in [0.25, 0.3) is 11.2 Å². The Labute approximate surface area is 163 Å². The molecule has 1 aliphatic heterocycles. The summed E-state index contributed by atoms with van der Waals surface area (Å²) in [6.45, 7) is 7.43. The van der Waals surface area contributed by atoms with Gasteiger partial charge in [-0.05, 0) is 52.2 Å². The van der Waals surface area contributed by atoms with Gasteiger partial charge in [0.15, 0.2) is 5.65 Å². The zero-order valence-electron chi connectivity index (χ0n) is 16.6. The van der Waals surface area contributed by atoms with Crippen molar-refractivity contribution in [1.29, 1.82) is 0 Å². The number of imidazole rings is 1. The normalized spacial score (nSPS) is 15.9. The number of carboxylic acids is 1. The van der Waals surface area contributed by atoms with Gasteiger partial charge < -0.3 is 19.7 Å². The maximum atomic E-state index is 12.4. The minimum Gasteiger partial charge on any atom is -0.481 e. The number of H-pyrrole nitrogens is 1. The van der Waals surface area contributed by atoms with E-state index >= 15 is 0 Å². The Morgan fingerprint density at radius 1 is 1.25 bits per heavy atom. The van der Waals surface area contributed by atoms with E-state index in [0.717, 1.165) is 38.9 Å².